The van der Waals surface area contributed by atoms with Gasteiger partial charge in [0.1, 0.15) is 11.4 Å². The van der Waals surface area contributed by atoms with Gasteiger partial charge in [0.05, 0.1) is 0 Å². The minimum Gasteiger partial charge on any atom is -0.367 e. The monoisotopic (exact) mass is 342 g/mol. The molecule has 4 heteroatoms. The molecule has 2 rings (SSSR count). The summed E-state index contributed by atoms with van der Waals surface area (Å²) >= 11 is 3.32. The Balaban J connectivity index is 2.18. The number of Topliss-reactive ketones (excluding diaryl/α,β-unsaturated/α-hetero) is 1. The summed E-state index contributed by atoms with van der Waals surface area (Å²) in [5.41, 5.74) is -0.254. The van der Waals surface area contributed by atoms with E-state index in [1.807, 2.05) is 6.92 Å². The van der Waals surface area contributed by atoms with Gasteiger partial charge in [-0.05, 0) is 43.5 Å². The van der Waals surface area contributed by atoms with Gasteiger partial charge in [-0.1, -0.05) is 35.2 Å². The zero-order chi connectivity index (χ0) is 14.6. The predicted molar refractivity (Wildman–Crippen MR) is 80.3 cm³/mol. The quantitative estimate of drug-likeness (QED) is 0.790. The summed E-state index contributed by atoms with van der Waals surface area (Å²) in [6, 6.07) is 4.71. The average Bonchev–Trinajstić information content (AvgIpc) is 2.44. The number of hydrogen-bond donors (Lipinski definition) is 0. The van der Waals surface area contributed by atoms with Crippen LogP contribution in [0.15, 0.2) is 22.7 Å². The Morgan fingerprint density at radius 2 is 2.05 bits per heavy atom. The molecule has 1 fully saturated rings. The van der Waals surface area contributed by atoms with E-state index in [1.54, 1.807) is 12.1 Å². The van der Waals surface area contributed by atoms with Crippen molar-refractivity contribution in [3.63, 3.8) is 0 Å². The van der Waals surface area contributed by atoms with E-state index in [0.717, 1.165) is 36.6 Å². The first-order valence-corrected chi connectivity index (χ1v) is 7.98. The Kier molecular flexibility index (Phi) is 5.33. The van der Waals surface area contributed by atoms with E-state index >= 15 is 0 Å². The fourth-order valence-electron chi connectivity index (χ4n) is 2.92. The van der Waals surface area contributed by atoms with Crippen molar-refractivity contribution in [1.82, 2.24) is 0 Å². The van der Waals surface area contributed by atoms with Crippen LogP contribution in [0.2, 0.25) is 0 Å². The summed E-state index contributed by atoms with van der Waals surface area (Å²) in [4.78, 5) is 12.6. The summed E-state index contributed by atoms with van der Waals surface area (Å²) in [6.07, 6.45) is 4.78. The van der Waals surface area contributed by atoms with Gasteiger partial charge in [-0.25, -0.2) is 4.39 Å². The molecule has 0 spiro atoms. The molecular formula is C16H20BrFO2. The lowest BCUT2D eigenvalue weighted by molar-refractivity contribution is -0.148. The SMILES string of the molecule is CCOC1(C(=O)Cc2cc(Br)ccc2F)CCCCC1. The first-order chi connectivity index (χ1) is 9.57. The van der Waals surface area contributed by atoms with Gasteiger partial charge in [-0.3, -0.25) is 4.79 Å². The summed E-state index contributed by atoms with van der Waals surface area (Å²) in [6.45, 7) is 2.43. The van der Waals surface area contributed by atoms with Crippen molar-refractivity contribution in [1.29, 1.82) is 0 Å². The van der Waals surface area contributed by atoms with E-state index in [0.29, 0.717) is 12.2 Å². The van der Waals surface area contributed by atoms with Crippen molar-refractivity contribution < 1.29 is 13.9 Å². The highest BCUT2D eigenvalue weighted by Gasteiger charge is 2.39. The van der Waals surface area contributed by atoms with Gasteiger partial charge in [0, 0.05) is 17.5 Å². The van der Waals surface area contributed by atoms with Crippen molar-refractivity contribution >= 4 is 21.7 Å². The summed E-state index contributed by atoms with van der Waals surface area (Å²) in [5.74, 6) is -0.319. The molecule has 1 aliphatic carbocycles. The molecule has 2 nitrogen and oxygen atoms in total. The van der Waals surface area contributed by atoms with E-state index in [2.05, 4.69) is 15.9 Å². The summed E-state index contributed by atoms with van der Waals surface area (Å²) in [7, 11) is 0. The molecule has 0 aliphatic heterocycles. The number of benzene rings is 1. The number of rotatable bonds is 5. The van der Waals surface area contributed by atoms with Crippen molar-refractivity contribution in [3.8, 4) is 0 Å². The van der Waals surface area contributed by atoms with Crippen LogP contribution < -0.4 is 0 Å². The molecule has 0 unspecified atom stereocenters. The van der Waals surface area contributed by atoms with Crippen molar-refractivity contribution in [3.05, 3.63) is 34.1 Å². The fraction of sp³-hybridized carbons (Fsp3) is 0.562. The zero-order valence-corrected chi connectivity index (χ0v) is 13.3. The maximum atomic E-state index is 13.8. The Morgan fingerprint density at radius 3 is 2.70 bits per heavy atom. The van der Waals surface area contributed by atoms with E-state index in [9.17, 15) is 9.18 Å². The van der Waals surface area contributed by atoms with Crippen LogP contribution in [0, 0.1) is 5.82 Å². The molecule has 1 aromatic carbocycles. The van der Waals surface area contributed by atoms with Gasteiger partial charge in [0.25, 0.3) is 0 Å². The second-order valence-electron chi connectivity index (χ2n) is 5.32. The molecule has 0 N–H and O–H groups in total. The topological polar surface area (TPSA) is 26.3 Å². The minimum atomic E-state index is -0.693. The molecule has 20 heavy (non-hydrogen) atoms. The molecule has 0 aromatic heterocycles. The highest BCUT2D eigenvalue weighted by Crippen LogP contribution is 2.34. The molecule has 1 saturated carbocycles. The normalized spacial score (nSPS) is 17.9. The molecule has 0 amide bonds. The third-order valence-electron chi connectivity index (χ3n) is 3.95. The lowest BCUT2D eigenvalue weighted by atomic mass is 9.79. The molecule has 1 aromatic rings. The molecule has 0 bridgehead atoms. The third kappa shape index (κ3) is 3.47. The highest BCUT2D eigenvalue weighted by atomic mass is 79.9. The maximum absolute atomic E-state index is 13.8. The van der Waals surface area contributed by atoms with Gasteiger partial charge in [0.15, 0.2) is 5.78 Å². The van der Waals surface area contributed by atoms with E-state index in [1.165, 1.54) is 6.07 Å². The molecule has 0 heterocycles. The van der Waals surface area contributed by atoms with E-state index in [-0.39, 0.29) is 18.0 Å². The molecule has 0 atom stereocenters. The molecule has 0 saturated heterocycles. The van der Waals surface area contributed by atoms with Gasteiger partial charge in [0.2, 0.25) is 0 Å². The van der Waals surface area contributed by atoms with E-state index in [4.69, 9.17) is 4.74 Å². The second-order valence-corrected chi connectivity index (χ2v) is 6.24. The number of ketones is 1. The smallest absolute Gasteiger partial charge is 0.169 e. The van der Waals surface area contributed by atoms with Gasteiger partial charge >= 0.3 is 0 Å². The number of carbonyl (C=O) groups excluding carboxylic acids is 1. The zero-order valence-electron chi connectivity index (χ0n) is 11.8. The van der Waals surface area contributed by atoms with Crippen LogP contribution in [0.3, 0.4) is 0 Å². The first kappa shape index (κ1) is 15.6. The summed E-state index contributed by atoms with van der Waals surface area (Å²) < 4.78 is 20.4. The second kappa shape index (κ2) is 6.81. The number of carbonyl (C=O) groups is 1. The van der Waals surface area contributed by atoms with Crippen LogP contribution in [0.25, 0.3) is 0 Å². The van der Waals surface area contributed by atoms with Crippen molar-refractivity contribution in [2.75, 3.05) is 6.61 Å². The molecular weight excluding hydrogens is 323 g/mol. The predicted octanol–water partition coefficient (Wildman–Crippen LogP) is 4.44. The highest BCUT2D eigenvalue weighted by molar-refractivity contribution is 9.10. The lowest BCUT2D eigenvalue weighted by Crippen LogP contribution is -2.44. The van der Waals surface area contributed by atoms with Crippen LogP contribution >= 0.6 is 15.9 Å². The Bertz CT molecular complexity index is 476. The number of hydrogen-bond acceptors (Lipinski definition) is 2. The van der Waals surface area contributed by atoms with Crippen molar-refractivity contribution in [2.24, 2.45) is 0 Å². The van der Waals surface area contributed by atoms with Crippen LogP contribution in [-0.4, -0.2) is 18.0 Å². The van der Waals surface area contributed by atoms with E-state index < -0.39 is 5.60 Å². The van der Waals surface area contributed by atoms with Crippen molar-refractivity contribution in [2.45, 2.75) is 51.0 Å². The van der Waals surface area contributed by atoms with Gasteiger partial charge in [-0.15, -0.1) is 0 Å². The Hall–Kier alpha value is -0.740. The number of halogens is 2. The van der Waals surface area contributed by atoms with Crippen LogP contribution in [-0.2, 0) is 16.0 Å². The molecule has 0 radical (unpaired) electrons. The molecule has 110 valence electrons. The largest absolute Gasteiger partial charge is 0.367 e. The number of ether oxygens (including phenoxy) is 1. The standard InChI is InChI=1S/C16H20BrFO2/c1-2-20-16(8-4-3-5-9-16)15(19)11-12-10-13(17)6-7-14(12)18/h6-7,10H,2-5,8-9,11H2,1H3. The summed E-state index contributed by atoms with van der Waals surface area (Å²) in [5, 5.41) is 0. The third-order valence-corrected chi connectivity index (χ3v) is 4.44. The Morgan fingerprint density at radius 1 is 1.35 bits per heavy atom. The van der Waals surface area contributed by atoms with Crippen LogP contribution in [0.1, 0.15) is 44.6 Å². The van der Waals surface area contributed by atoms with Crippen LogP contribution in [0.5, 0.6) is 0 Å². The first-order valence-electron chi connectivity index (χ1n) is 7.18. The minimum absolute atomic E-state index is 0.0102. The Labute approximate surface area is 127 Å². The lowest BCUT2D eigenvalue weighted by Gasteiger charge is -2.35. The average molecular weight is 343 g/mol. The molecule has 1 aliphatic rings. The van der Waals surface area contributed by atoms with Gasteiger partial charge < -0.3 is 4.74 Å². The fourth-order valence-corrected chi connectivity index (χ4v) is 3.32. The van der Waals surface area contributed by atoms with Crippen LogP contribution in [0.4, 0.5) is 4.39 Å². The maximum Gasteiger partial charge on any atom is 0.169 e. The van der Waals surface area contributed by atoms with Gasteiger partial charge in [-0.2, -0.15) is 0 Å².